The molecule has 0 amide bonds. The fourth-order valence-electron chi connectivity index (χ4n) is 0.227. The van der Waals surface area contributed by atoms with Gasteiger partial charge in [-0.25, -0.2) is 0 Å². The molecule has 144 valence electrons. The SMILES string of the molecule is S=S=S=S=S=S=S=S=S=S=S=S=S=S=S=S=S=S=S=S=S=S=[S]=[W]. The van der Waals surface area contributed by atoms with Crippen molar-refractivity contribution in [2.75, 3.05) is 0 Å². The van der Waals surface area contributed by atoms with Crippen molar-refractivity contribution in [2.45, 2.75) is 0 Å². The summed E-state index contributed by atoms with van der Waals surface area (Å²) in [4.78, 5) is 0. The van der Waals surface area contributed by atoms with Crippen molar-refractivity contribution in [3.8, 4) is 0 Å². The summed E-state index contributed by atoms with van der Waals surface area (Å²) in [7, 11) is 39.3. The Balaban J connectivity index is 5.86. The van der Waals surface area contributed by atoms with Gasteiger partial charge in [-0.05, 0) is 0 Å². The van der Waals surface area contributed by atoms with Crippen LogP contribution < -0.4 is 0 Å². The van der Waals surface area contributed by atoms with Crippen molar-refractivity contribution in [3.05, 3.63) is 0 Å². The van der Waals surface area contributed by atoms with Crippen molar-refractivity contribution in [3.63, 3.8) is 0 Å². The zero-order valence-electron chi connectivity index (χ0n) is 9.80. The molecular weight excluding hydrogens is 921 g/mol. The van der Waals surface area contributed by atoms with Gasteiger partial charge in [-0.15, -0.1) is 0 Å². The van der Waals surface area contributed by atoms with Gasteiger partial charge in [0, 0.05) is 100.0 Å². The molecule has 0 rings (SSSR count). The summed E-state index contributed by atoms with van der Waals surface area (Å²) in [5.41, 5.74) is 0. The third-order valence-electron chi connectivity index (χ3n) is 0.583. The molecule has 0 unspecified atom stereocenters. The molecule has 0 nitrogen and oxygen atoms in total. The van der Waals surface area contributed by atoms with Crippen LogP contribution in [0.3, 0.4) is 0 Å². The fourth-order valence-corrected chi connectivity index (χ4v) is 59.9. The summed E-state index contributed by atoms with van der Waals surface area (Å²) < 4.78 is 0. The molecule has 0 fully saturated rings. The van der Waals surface area contributed by atoms with Crippen LogP contribution >= 0.6 is 0 Å². The van der Waals surface area contributed by atoms with Gasteiger partial charge >= 0.3 is 123 Å². The molecule has 0 aromatic heterocycles. The summed E-state index contributed by atoms with van der Waals surface area (Å²) in [6, 6.07) is 0. The first kappa shape index (κ1) is 29.7. The molecule has 0 saturated carbocycles. The molecule has 0 spiro atoms. The van der Waals surface area contributed by atoms with E-state index in [-0.39, 0.29) is 0 Å². The molecule has 0 bridgehead atoms. The van der Waals surface area contributed by atoms with Crippen LogP contribution in [-0.2, 0) is 223 Å². The van der Waals surface area contributed by atoms with Gasteiger partial charge in [-0.3, -0.25) is 0 Å². The number of rotatable bonds is 0. The quantitative estimate of drug-likeness (QED) is 0.329. The van der Waals surface area contributed by atoms with E-state index in [4.69, 9.17) is 11.2 Å². The third kappa shape index (κ3) is 27.7. The molecule has 0 saturated heterocycles. The molecule has 0 aliphatic carbocycles. The van der Waals surface area contributed by atoms with Gasteiger partial charge in [0.2, 0.25) is 0 Å². The van der Waals surface area contributed by atoms with Crippen LogP contribution in [0.4, 0.5) is 0 Å². The van der Waals surface area contributed by atoms with E-state index in [0.717, 1.165) is 0 Å². The van der Waals surface area contributed by atoms with E-state index in [1.165, 1.54) is 8.88 Å². The minimum atomic E-state index is 1.38. The zero-order valence-corrected chi connectivity index (χ0v) is 31.5. The second-order valence-electron chi connectivity index (χ2n) is 1.50. The summed E-state index contributed by atoms with van der Waals surface area (Å²) in [6.07, 6.45) is 0. The molecule has 0 radical (unpaired) electrons. The Morgan fingerprint density at radius 3 is 0.750 bits per heavy atom. The van der Waals surface area contributed by atoms with E-state index < -0.39 is 0 Å². The first-order chi connectivity index (χ1) is 11.9. The van der Waals surface area contributed by atoms with Crippen LogP contribution in [0, 0.1) is 0 Å². The standard InChI is InChI=1S/S23.W/c1-3-5-7-9-11-13-15-17-19-21-23-22-20-18-16-14-12-10-8-6-4-2;. The van der Waals surface area contributed by atoms with Gasteiger partial charge in [-0.1, -0.05) is 0 Å². The molecule has 24 heteroatoms. The Morgan fingerprint density at radius 2 is 0.542 bits per heavy atom. The normalized spacial score (nSPS) is 7.50. The van der Waals surface area contributed by atoms with Crippen LogP contribution in [-0.4, -0.2) is 0 Å². The Morgan fingerprint density at radius 1 is 0.333 bits per heavy atom. The van der Waals surface area contributed by atoms with E-state index >= 15 is 0 Å². The molecule has 24 heavy (non-hydrogen) atoms. The molecule has 0 aliphatic rings. The predicted octanol–water partition coefficient (Wildman–Crippen LogP) is -0.0577. The van der Waals surface area contributed by atoms with Crippen molar-refractivity contribution < 1.29 is 18.0 Å². The van der Waals surface area contributed by atoms with E-state index in [1.54, 1.807) is 71.3 Å². The predicted molar refractivity (Wildman–Crippen MR) is 169 cm³/mol. The van der Waals surface area contributed by atoms with Gasteiger partial charge in [0.15, 0.2) is 0 Å². The first-order valence-corrected chi connectivity index (χ1v) is 37.1. The second kappa shape index (κ2) is 28.7. The Labute approximate surface area is 217 Å². The van der Waals surface area contributed by atoms with Crippen molar-refractivity contribution >= 4 is 205 Å². The van der Waals surface area contributed by atoms with Crippen molar-refractivity contribution in [1.82, 2.24) is 0 Å². The summed E-state index contributed by atoms with van der Waals surface area (Å²) in [5.74, 6) is 0. The summed E-state index contributed by atoms with van der Waals surface area (Å²) >= 11 is 6.34. The van der Waals surface area contributed by atoms with Crippen LogP contribution in [0.5, 0.6) is 0 Å². The zero-order chi connectivity index (χ0) is 17.6. The minimum absolute atomic E-state index is 1.38. The van der Waals surface area contributed by atoms with E-state index in [9.17, 15) is 0 Å². The van der Waals surface area contributed by atoms with Gasteiger partial charge in [0.1, 0.15) is 0 Å². The van der Waals surface area contributed by atoms with Crippen LogP contribution in [0.1, 0.15) is 0 Å². The van der Waals surface area contributed by atoms with Crippen molar-refractivity contribution in [1.29, 1.82) is 0 Å². The molecular formula is S23W. The van der Waals surface area contributed by atoms with Gasteiger partial charge in [0.25, 0.3) is 0 Å². The van der Waals surface area contributed by atoms with Crippen LogP contribution in [0.2, 0.25) is 0 Å². The van der Waals surface area contributed by atoms with E-state index in [2.05, 4.69) is 0 Å². The molecule has 0 aromatic carbocycles. The molecule has 0 aliphatic heterocycles. The molecule has 0 N–H and O–H groups in total. The van der Waals surface area contributed by atoms with Crippen molar-refractivity contribution in [2.24, 2.45) is 0 Å². The molecule has 0 aromatic rings. The van der Waals surface area contributed by atoms with Crippen LogP contribution in [0.25, 0.3) is 0 Å². The monoisotopic (exact) mass is 919 g/mol. The van der Waals surface area contributed by atoms with E-state index in [1.807, 2.05) is 132 Å². The topological polar surface area (TPSA) is 0 Å². The first-order valence-electron chi connectivity index (χ1n) is 3.83. The summed E-state index contributed by atoms with van der Waals surface area (Å²) in [5, 5.41) is 0. The molecule has 0 atom stereocenters. The van der Waals surface area contributed by atoms with Gasteiger partial charge in [0.05, 0.1) is 0 Å². The van der Waals surface area contributed by atoms with Gasteiger partial charge in [-0.2, -0.15) is 0 Å². The Kier molecular flexibility index (Phi) is 35.6. The van der Waals surface area contributed by atoms with E-state index in [0.29, 0.717) is 0 Å². The van der Waals surface area contributed by atoms with Gasteiger partial charge < -0.3 is 0 Å². The number of hydrogen-bond acceptors (Lipinski definition) is 1. The fraction of sp³-hybridized carbons (Fsp3) is 0. The molecule has 0 heterocycles. The third-order valence-corrected chi connectivity index (χ3v) is 51.1. The summed E-state index contributed by atoms with van der Waals surface area (Å²) in [6.45, 7) is 0. The van der Waals surface area contributed by atoms with Crippen LogP contribution in [0.15, 0.2) is 0 Å². The average Bonchev–Trinajstić information content (AvgIpc) is 2.60. The maximum atomic E-state index is 4.77. The Bertz CT molecular complexity index is 1230. The second-order valence-corrected chi connectivity index (χ2v) is 43.6. The number of hydrogen-bond donors (Lipinski definition) is 0. The average molecular weight is 921 g/mol. The maximum absolute atomic E-state index is 4.77. The Hall–Kier alpha value is 5.75.